The van der Waals surface area contributed by atoms with Gasteiger partial charge in [-0.05, 0) is 24.3 Å². The number of carbonyl (C=O) groups excluding carboxylic acids is 1. The van der Waals surface area contributed by atoms with Crippen LogP contribution in [0.15, 0.2) is 40.3 Å². The second-order valence-corrected chi connectivity index (χ2v) is 5.25. The minimum Gasteiger partial charge on any atom is -0.480 e. The zero-order valence-electron chi connectivity index (χ0n) is 11.7. The topological polar surface area (TPSA) is 82.4 Å². The number of benzene rings is 1. The monoisotopic (exact) mass is 432 g/mol. The molecule has 0 fully saturated rings. The van der Waals surface area contributed by atoms with Crippen molar-refractivity contribution in [3.8, 4) is 6.07 Å². The Morgan fingerprint density at radius 3 is 2.04 bits per heavy atom. The van der Waals surface area contributed by atoms with E-state index < -0.39 is 35.9 Å². The fourth-order valence-electron chi connectivity index (χ4n) is 1.41. The quantitative estimate of drug-likeness (QED) is 0.323. The van der Waals surface area contributed by atoms with Crippen LogP contribution < -0.4 is 5.32 Å². The van der Waals surface area contributed by atoms with E-state index >= 15 is 0 Å². The van der Waals surface area contributed by atoms with Crippen molar-refractivity contribution in [3.05, 3.63) is 40.3 Å². The van der Waals surface area contributed by atoms with Crippen LogP contribution in [0.4, 0.5) is 32.0 Å². The lowest BCUT2D eigenvalue weighted by Gasteiger charge is -2.23. The van der Waals surface area contributed by atoms with Crippen molar-refractivity contribution in [2.45, 2.75) is 18.5 Å². The summed E-state index contributed by atoms with van der Waals surface area (Å²) in [5, 5.41) is 20.0. The fourth-order valence-corrected chi connectivity index (χ4v) is 1.68. The van der Waals surface area contributed by atoms with Gasteiger partial charge < -0.3 is 15.2 Å². The molecule has 12 heteroatoms. The number of hydrogen-bond donors (Lipinski definition) is 2. The molecule has 136 valence electrons. The van der Waals surface area contributed by atoms with E-state index in [0.717, 1.165) is 6.07 Å². The summed E-state index contributed by atoms with van der Waals surface area (Å²) in [6.07, 6.45) is -16.2. The van der Waals surface area contributed by atoms with Crippen molar-refractivity contribution in [1.29, 1.82) is 5.26 Å². The molecule has 0 unspecified atom stereocenters. The first-order valence-corrected chi connectivity index (χ1v) is 6.86. The molecule has 1 aromatic carbocycles. The maximum atomic E-state index is 12.4. The first-order valence-electron chi connectivity index (χ1n) is 6.06. The van der Waals surface area contributed by atoms with Crippen molar-refractivity contribution < 1.29 is 41.0 Å². The number of nitriles is 1. The van der Waals surface area contributed by atoms with E-state index in [1.54, 1.807) is 0 Å². The maximum Gasteiger partial charge on any atom is 0.434 e. The Balaban J connectivity index is 3.07. The molecule has 0 bridgehead atoms. The number of rotatable bonds is 4. The Morgan fingerprint density at radius 2 is 1.64 bits per heavy atom. The summed E-state index contributed by atoms with van der Waals surface area (Å²) in [4.78, 5) is 11.7. The maximum absolute atomic E-state index is 12.4. The zero-order chi connectivity index (χ0) is 19.4. The predicted molar refractivity (Wildman–Crippen MR) is 75.0 cm³/mol. The Morgan fingerprint density at radius 1 is 1.16 bits per heavy atom. The Bertz CT molecular complexity index is 692. The van der Waals surface area contributed by atoms with Crippen LogP contribution in [0.1, 0.15) is 0 Å². The van der Waals surface area contributed by atoms with Crippen LogP contribution in [0.3, 0.4) is 0 Å². The molecule has 0 saturated heterocycles. The highest BCUT2D eigenvalue weighted by molar-refractivity contribution is 9.10. The van der Waals surface area contributed by atoms with E-state index in [2.05, 4.69) is 20.7 Å². The summed E-state index contributed by atoms with van der Waals surface area (Å²) in [5.41, 5.74) is -1.39. The largest absolute Gasteiger partial charge is 0.480 e. The van der Waals surface area contributed by atoms with Gasteiger partial charge in [-0.15, -0.1) is 0 Å². The normalized spacial score (nSPS) is 13.1. The predicted octanol–water partition coefficient (Wildman–Crippen LogP) is 4.19. The number of nitrogens with one attached hydrogen (secondary N) is 1. The van der Waals surface area contributed by atoms with E-state index in [1.165, 1.54) is 24.3 Å². The molecule has 0 aromatic heterocycles. The molecule has 0 aliphatic rings. The Labute approximate surface area is 144 Å². The highest BCUT2D eigenvalue weighted by Gasteiger charge is 2.59. The van der Waals surface area contributed by atoms with Gasteiger partial charge in [0.2, 0.25) is 0 Å². The summed E-state index contributed by atoms with van der Waals surface area (Å²) in [6.45, 7) is 0. The lowest BCUT2D eigenvalue weighted by molar-refractivity contribution is -0.319. The number of alkyl halides is 6. The molecule has 0 atom stereocenters. The zero-order valence-corrected chi connectivity index (χ0v) is 13.3. The Hall–Kier alpha value is -2.42. The molecule has 1 rings (SSSR count). The standard InChI is InChI=1S/C13H7BrF6N2O3/c14-6-1-3-7(4-2-6)22-9(23)8(5-21)10(24)25-11(12(15,16)17)13(18,19)20/h1-4,11,24H,(H,22,23)/b10-8-. The minimum atomic E-state index is -5.92. The van der Waals surface area contributed by atoms with Gasteiger partial charge in [-0.1, -0.05) is 15.9 Å². The number of carbonyl (C=O) groups is 1. The van der Waals surface area contributed by atoms with Gasteiger partial charge >= 0.3 is 18.3 Å². The highest BCUT2D eigenvalue weighted by Crippen LogP contribution is 2.37. The van der Waals surface area contributed by atoms with Crippen LogP contribution >= 0.6 is 15.9 Å². The lowest BCUT2D eigenvalue weighted by Crippen LogP contribution is -2.44. The van der Waals surface area contributed by atoms with E-state index in [9.17, 15) is 36.2 Å². The van der Waals surface area contributed by atoms with E-state index in [0.29, 0.717) is 4.47 Å². The van der Waals surface area contributed by atoms with Crippen molar-refractivity contribution in [1.82, 2.24) is 0 Å². The van der Waals surface area contributed by atoms with Crippen molar-refractivity contribution >= 4 is 27.5 Å². The van der Waals surface area contributed by atoms with Gasteiger partial charge in [0.15, 0.2) is 5.57 Å². The van der Waals surface area contributed by atoms with Gasteiger partial charge in [-0.2, -0.15) is 31.6 Å². The van der Waals surface area contributed by atoms with Crippen LogP contribution in [-0.4, -0.2) is 29.5 Å². The molecule has 5 nitrogen and oxygen atoms in total. The molecule has 0 saturated carbocycles. The van der Waals surface area contributed by atoms with Crippen molar-refractivity contribution in [2.24, 2.45) is 0 Å². The van der Waals surface area contributed by atoms with Gasteiger partial charge in [0, 0.05) is 10.2 Å². The number of aliphatic hydroxyl groups excluding tert-OH is 1. The molecule has 0 aliphatic carbocycles. The summed E-state index contributed by atoms with van der Waals surface area (Å²) in [5.74, 6) is -3.55. The molecule has 0 radical (unpaired) electrons. The summed E-state index contributed by atoms with van der Waals surface area (Å²) in [7, 11) is 0. The lowest BCUT2D eigenvalue weighted by atomic mass is 10.2. The molecule has 0 spiro atoms. The van der Waals surface area contributed by atoms with Gasteiger partial charge in [-0.3, -0.25) is 4.79 Å². The highest BCUT2D eigenvalue weighted by atomic mass is 79.9. The third-order valence-corrected chi connectivity index (χ3v) is 3.01. The Kier molecular flexibility index (Phi) is 6.31. The van der Waals surface area contributed by atoms with E-state index in [-0.39, 0.29) is 5.69 Å². The minimum absolute atomic E-state index is 0.0666. The van der Waals surface area contributed by atoms with Crippen LogP contribution in [0.2, 0.25) is 0 Å². The number of halogens is 7. The molecule has 25 heavy (non-hydrogen) atoms. The van der Waals surface area contributed by atoms with E-state index in [4.69, 9.17) is 5.26 Å². The fraction of sp³-hybridized carbons (Fsp3) is 0.231. The SMILES string of the molecule is N#C/C(C(=O)Nc1ccc(Br)cc1)=C(\O)OC(C(F)(F)F)C(F)(F)F. The smallest absolute Gasteiger partial charge is 0.434 e. The van der Waals surface area contributed by atoms with Crippen molar-refractivity contribution in [2.75, 3.05) is 5.32 Å². The molecule has 1 aromatic rings. The number of hydrogen-bond acceptors (Lipinski definition) is 4. The molecule has 0 aliphatic heterocycles. The second-order valence-electron chi connectivity index (χ2n) is 4.33. The van der Waals surface area contributed by atoms with Crippen molar-refractivity contribution in [3.63, 3.8) is 0 Å². The first kappa shape index (κ1) is 20.6. The molecule has 1 amide bonds. The third kappa shape index (κ3) is 5.86. The number of amides is 1. The first-order chi connectivity index (χ1) is 11.4. The average molecular weight is 433 g/mol. The molecular formula is C13H7BrF6N2O3. The van der Waals surface area contributed by atoms with Crippen LogP contribution in [0.5, 0.6) is 0 Å². The number of anilines is 1. The molecule has 2 N–H and O–H groups in total. The number of nitrogens with zero attached hydrogens (tertiary/aromatic N) is 1. The summed E-state index contributed by atoms with van der Waals surface area (Å²) >= 11 is 3.09. The second kappa shape index (κ2) is 7.64. The van der Waals surface area contributed by atoms with Crippen LogP contribution in [-0.2, 0) is 9.53 Å². The van der Waals surface area contributed by atoms with Crippen LogP contribution in [0, 0.1) is 11.3 Å². The summed E-state index contributed by atoms with van der Waals surface area (Å²) < 4.78 is 78.2. The van der Waals surface area contributed by atoms with Crippen LogP contribution in [0.25, 0.3) is 0 Å². The summed E-state index contributed by atoms with van der Waals surface area (Å²) in [6, 6.07) is 6.56. The molecule has 0 heterocycles. The number of ether oxygens (including phenoxy) is 1. The number of aliphatic hydroxyl groups is 1. The van der Waals surface area contributed by atoms with Gasteiger partial charge in [-0.25, -0.2) is 0 Å². The van der Waals surface area contributed by atoms with Gasteiger partial charge in [0.25, 0.3) is 12.0 Å². The van der Waals surface area contributed by atoms with E-state index in [1.807, 2.05) is 5.32 Å². The average Bonchev–Trinajstić information content (AvgIpc) is 2.45. The van der Waals surface area contributed by atoms with Gasteiger partial charge in [0.05, 0.1) is 0 Å². The molecular weight excluding hydrogens is 426 g/mol. The third-order valence-electron chi connectivity index (χ3n) is 2.48. The van der Waals surface area contributed by atoms with Gasteiger partial charge in [0.1, 0.15) is 6.07 Å².